The average Bonchev–Trinajstić information content (AvgIpc) is 2.63. The molecule has 0 aromatic heterocycles. The van der Waals surface area contributed by atoms with Gasteiger partial charge in [0, 0.05) is 17.0 Å². The molecule has 4 nitrogen and oxygen atoms in total. The van der Waals surface area contributed by atoms with Gasteiger partial charge in [-0.3, -0.25) is 4.79 Å². The molecular formula is C11H9ClO4. The lowest BCUT2D eigenvalue weighted by molar-refractivity contribution is -0.170. The third kappa shape index (κ3) is 1.65. The number of hydrogen-bond donors (Lipinski definition) is 1. The third-order valence-electron chi connectivity index (χ3n) is 2.63. The van der Waals surface area contributed by atoms with Gasteiger partial charge in [-0.25, -0.2) is 4.79 Å². The highest BCUT2D eigenvalue weighted by Crippen LogP contribution is 2.37. The number of carboxylic acid groups (broad SMARTS) is 1. The zero-order valence-electron chi connectivity index (χ0n) is 8.27. The second-order valence-corrected chi connectivity index (χ2v) is 4.05. The van der Waals surface area contributed by atoms with E-state index in [4.69, 9.17) is 16.3 Å². The first-order valence-electron chi connectivity index (χ1n) is 4.76. The van der Waals surface area contributed by atoms with Crippen molar-refractivity contribution < 1.29 is 19.4 Å². The zero-order valence-corrected chi connectivity index (χ0v) is 9.03. The molecule has 1 N–H and O–H groups in total. The van der Waals surface area contributed by atoms with E-state index in [9.17, 15) is 14.7 Å². The van der Waals surface area contributed by atoms with Crippen LogP contribution in [0.5, 0.6) is 0 Å². The summed E-state index contributed by atoms with van der Waals surface area (Å²) < 4.78 is 4.95. The van der Waals surface area contributed by atoms with Crippen LogP contribution in [0, 0.1) is 0 Å². The van der Waals surface area contributed by atoms with Crippen LogP contribution in [0.2, 0.25) is 5.02 Å². The lowest BCUT2D eigenvalue weighted by Gasteiger charge is -2.22. The number of hydrogen-bond acceptors (Lipinski definition) is 3. The largest absolute Gasteiger partial charge is 0.478 e. The highest BCUT2D eigenvalue weighted by atomic mass is 35.5. The Morgan fingerprint density at radius 3 is 2.44 bits per heavy atom. The third-order valence-corrected chi connectivity index (χ3v) is 2.88. The van der Waals surface area contributed by atoms with Crippen LogP contribution in [0.25, 0.3) is 0 Å². The Labute approximate surface area is 96.8 Å². The number of halogens is 1. The van der Waals surface area contributed by atoms with E-state index in [-0.39, 0.29) is 12.8 Å². The molecule has 1 unspecified atom stereocenters. The summed E-state index contributed by atoms with van der Waals surface area (Å²) in [5.41, 5.74) is -1.10. The Balaban J connectivity index is 2.44. The Morgan fingerprint density at radius 1 is 1.38 bits per heavy atom. The number of benzene rings is 1. The molecule has 5 heteroatoms. The molecule has 1 saturated heterocycles. The quantitative estimate of drug-likeness (QED) is 0.803. The van der Waals surface area contributed by atoms with Crippen LogP contribution < -0.4 is 0 Å². The van der Waals surface area contributed by atoms with Crippen LogP contribution in [-0.4, -0.2) is 17.0 Å². The monoisotopic (exact) mass is 240 g/mol. The van der Waals surface area contributed by atoms with E-state index in [0.717, 1.165) is 0 Å². The molecule has 0 bridgehead atoms. The molecule has 0 radical (unpaired) electrons. The first-order valence-corrected chi connectivity index (χ1v) is 5.14. The maximum absolute atomic E-state index is 11.2. The molecule has 1 heterocycles. The van der Waals surface area contributed by atoms with E-state index < -0.39 is 17.5 Å². The van der Waals surface area contributed by atoms with Gasteiger partial charge in [0.25, 0.3) is 0 Å². The number of aliphatic carboxylic acids is 1. The fourth-order valence-electron chi connectivity index (χ4n) is 1.77. The lowest BCUT2D eigenvalue weighted by Crippen LogP contribution is -2.35. The smallest absolute Gasteiger partial charge is 0.352 e. The Bertz CT molecular complexity index is 440. The van der Waals surface area contributed by atoms with Gasteiger partial charge < -0.3 is 9.84 Å². The summed E-state index contributed by atoms with van der Waals surface area (Å²) in [5.74, 6) is -1.64. The van der Waals surface area contributed by atoms with Crippen LogP contribution in [-0.2, 0) is 19.9 Å². The Kier molecular flexibility index (Phi) is 2.59. The molecule has 1 aliphatic heterocycles. The van der Waals surface area contributed by atoms with Gasteiger partial charge >= 0.3 is 11.9 Å². The highest BCUT2D eigenvalue weighted by molar-refractivity contribution is 6.30. The summed E-state index contributed by atoms with van der Waals surface area (Å²) in [6.07, 6.45) is 0.276. The Morgan fingerprint density at radius 2 is 2.00 bits per heavy atom. The molecule has 0 spiro atoms. The van der Waals surface area contributed by atoms with E-state index in [0.29, 0.717) is 10.6 Å². The number of ether oxygens (including phenoxy) is 1. The Hall–Kier alpha value is -1.55. The normalized spacial score (nSPS) is 24.2. The number of carbonyl (C=O) groups excluding carboxylic acids is 1. The molecule has 84 valence electrons. The topological polar surface area (TPSA) is 63.6 Å². The van der Waals surface area contributed by atoms with Crippen LogP contribution in [0.3, 0.4) is 0 Å². The minimum absolute atomic E-state index is 0.120. The molecule has 1 atom stereocenters. The molecule has 0 aliphatic carbocycles. The predicted molar refractivity (Wildman–Crippen MR) is 56.1 cm³/mol. The maximum Gasteiger partial charge on any atom is 0.352 e. The van der Waals surface area contributed by atoms with Crippen molar-refractivity contribution in [3.63, 3.8) is 0 Å². The van der Waals surface area contributed by atoms with E-state index in [1.165, 1.54) is 0 Å². The summed E-state index contributed by atoms with van der Waals surface area (Å²) in [6, 6.07) is 6.28. The van der Waals surface area contributed by atoms with Crippen molar-refractivity contribution in [1.82, 2.24) is 0 Å². The molecule has 16 heavy (non-hydrogen) atoms. The lowest BCUT2D eigenvalue weighted by atomic mass is 9.91. The van der Waals surface area contributed by atoms with Gasteiger partial charge in [-0.05, 0) is 12.1 Å². The van der Waals surface area contributed by atoms with Crippen LogP contribution in [0.15, 0.2) is 24.3 Å². The van der Waals surface area contributed by atoms with Crippen molar-refractivity contribution in [3.8, 4) is 0 Å². The summed E-state index contributed by atoms with van der Waals surface area (Å²) in [6.45, 7) is 0. The van der Waals surface area contributed by atoms with Crippen molar-refractivity contribution in [2.75, 3.05) is 0 Å². The van der Waals surface area contributed by atoms with Gasteiger partial charge in [0.1, 0.15) is 0 Å². The van der Waals surface area contributed by atoms with Gasteiger partial charge in [-0.15, -0.1) is 0 Å². The number of rotatable bonds is 2. The average molecular weight is 241 g/mol. The summed E-state index contributed by atoms with van der Waals surface area (Å²) >= 11 is 5.72. The van der Waals surface area contributed by atoms with Gasteiger partial charge in [0.2, 0.25) is 5.60 Å². The fourth-order valence-corrected chi connectivity index (χ4v) is 1.90. The first kappa shape index (κ1) is 11.0. The minimum Gasteiger partial charge on any atom is -0.478 e. The molecule has 1 fully saturated rings. The predicted octanol–water partition coefficient (Wildman–Crippen LogP) is 1.96. The van der Waals surface area contributed by atoms with Crippen LogP contribution >= 0.6 is 11.6 Å². The van der Waals surface area contributed by atoms with Crippen molar-refractivity contribution in [1.29, 1.82) is 0 Å². The summed E-state index contributed by atoms with van der Waals surface area (Å²) in [4.78, 5) is 22.3. The summed E-state index contributed by atoms with van der Waals surface area (Å²) in [7, 11) is 0. The van der Waals surface area contributed by atoms with Crippen molar-refractivity contribution in [3.05, 3.63) is 34.9 Å². The SMILES string of the molecule is O=C1CCC(C(=O)O)(c2ccc(Cl)cc2)O1. The number of carbonyl (C=O) groups is 2. The van der Waals surface area contributed by atoms with Crippen molar-refractivity contribution >= 4 is 23.5 Å². The van der Waals surface area contributed by atoms with E-state index in [1.54, 1.807) is 24.3 Å². The van der Waals surface area contributed by atoms with Crippen LogP contribution in [0.4, 0.5) is 0 Å². The molecule has 1 aliphatic rings. The zero-order chi connectivity index (χ0) is 11.8. The molecule has 0 saturated carbocycles. The first-order chi connectivity index (χ1) is 7.54. The van der Waals surface area contributed by atoms with Gasteiger partial charge in [0.15, 0.2) is 0 Å². The summed E-state index contributed by atoms with van der Waals surface area (Å²) in [5, 5.41) is 9.70. The second kappa shape index (κ2) is 3.79. The van der Waals surface area contributed by atoms with Gasteiger partial charge in [-0.1, -0.05) is 23.7 Å². The van der Waals surface area contributed by atoms with E-state index >= 15 is 0 Å². The van der Waals surface area contributed by atoms with Gasteiger partial charge in [-0.2, -0.15) is 0 Å². The molecule has 0 amide bonds. The molecule has 1 aromatic rings. The van der Waals surface area contributed by atoms with Gasteiger partial charge in [0.05, 0.1) is 6.42 Å². The number of cyclic esters (lactones) is 1. The molecular weight excluding hydrogens is 232 g/mol. The molecule has 1 aromatic carbocycles. The highest BCUT2D eigenvalue weighted by Gasteiger charge is 2.49. The van der Waals surface area contributed by atoms with Crippen molar-refractivity contribution in [2.24, 2.45) is 0 Å². The van der Waals surface area contributed by atoms with Crippen LogP contribution in [0.1, 0.15) is 18.4 Å². The van der Waals surface area contributed by atoms with Crippen molar-refractivity contribution in [2.45, 2.75) is 18.4 Å². The minimum atomic E-state index is -1.54. The fraction of sp³-hybridized carbons (Fsp3) is 0.273. The number of esters is 1. The standard InChI is InChI=1S/C11H9ClO4/c12-8-3-1-7(2-4-8)11(10(14)15)6-5-9(13)16-11/h1-4H,5-6H2,(H,14,15). The molecule has 2 rings (SSSR count). The number of carboxylic acids is 1. The maximum atomic E-state index is 11.2. The van der Waals surface area contributed by atoms with E-state index in [1.807, 2.05) is 0 Å². The van der Waals surface area contributed by atoms with E-state index in [2.05, 4.69) is 0 Å². The second-order valence-electron chi connectivity index (χ2n) is 3.61.